The molecule has 1 aromatic heterocycles. The first-order valence-electron chi connectivity index (χ1n) is 4.73. The van der Waals surface area contributed by atoms with Crippen LogP contribution < -0.4 is 0 Å². The van der Waals surface area contributed by atoms with Gasteiger partial charge in [-0.05, 0) is 41.6 Å². The fourth-order valence-corrected chi connectivity index (χ4v) is 2.12. The molecule has 0 aliphatic rings. The van der Waals surface area contributed by atoms with Crippen molar-refractivity contribution >= 4 is 35.1 Å². The van der Waals surface area contributed by atoms with E-state index in [1.807, 2.05) is 24.3 Å². The van der Waals surface area contributed by atoms with Crippen LogP contribution in [-0.4, -0.2) is 0 Å². The van der Waals surface area contributed by atoms with Gasteiger partial charge in [0.1, 0.15) is 0 Å². The second-order valence-electron chi connectivity index (χ2n) is 3.38. The van der Waals surface area contributed by atoms with Gasteiger partial charge >= 0.3 is 0 Å². The highest BCUT2D eigenvalue weighted by molar-refractivity contribution is 7.10. The first kappa shape index (κ1) is 10.5. The van der Waals surface area contributed by atoms with Crippen LogP contribution in [0.25, 0.3) is 12.2 Å². The van der Waals surface area contributed by atoms with Crippen LogP contribution in [0, 0.1) is 6.92 Å². The number of thiophene rings is 1. The van der Waals surface area contributed by atoms with Crippen molar-refractivity contribution in [3.05, 3.63) is 56.7 Å². The molecule has 2 rings (SSSR count). The Morgan fingerprint density at radius 2 is 1.73 bits per heavy atom. The summed E-state index contributed by atoms with van der Waals surface area (Å²) in [5.74, 6) is 0. The second kappa shape index (κ2) is 4.65. The van der Waals surface area contributed by atoms with Crippen LogP contribution in [0.2, 0.25) is 5.02 Å². The minimum absolute atomic E-state index is 0.776. The number of halogens is 1. The van der Waals surface area contributed by atoms with E-state index in [4.69, 9.17) is 11.6 Å². The molecule has 0 aliphatic heterocycles. The van der Waals surface area contributed by atoms with Gasteiger partial charge in [-0.3, -0.25) is 0 Å². The molecule has 0 saturated heterocycles. The van der Waals surface area contributed by atoms with Crippen molar-refractivity contribution in [2.24, 2.45) is 0 Å². The summed E-state index contributed by atoms with van der Waals surface area (Å²) in [6.45, 7) is 2.12. The van der Waals surface area contributed by atoms with E-state index in [-0.39, 0.29) is 0 Å². The van der Waals surface area contributed by atoms with Crippen LogP contribution in [0.15, 0.2) is 35.7 Å². The molecule has 0 spiro atoms. The highest BCUT2D eigenvalue weighted by Gasteiger charge is 1.91. The lowest BCUT2D eigenvalue weighted by Crippen LogP contribution is -1.70. The van der Waals surface area contributed by atoms with Gasteiger partial charge in [0.05, 0.1) is 0 Å². The normalized spacial score (nSPS) is 11.1. The monoisotopic (exact) mass is 234 g/mol. The molecule has 1 aromatic carbocycles. The van der Waals surface area contributed by atoms with Gasteiger partial charge in [0.2, 0.25) is 0 Å². The zero-order chi connectivity index (χ0) is 10.7. The van der Waals surface area contributed by atoms with Crippen molar-refractivity contribution in [3.63, 3.8) is 0 Å². The first-order valence-corrected chi connectivity index (χ1v) is 5.98. The zero-order valence-electron chi connectivity index (χ0n) is 8.41. The molecular formula is C13H11ClS. The average molecular weight is 235 g/mol. The van der Waals surface area contributed by atoms with E-state index in [1.165, 1.54) is 16.0 Å². The molecule has 0 aliphatic carbocycles. The van der Waals surface area contributed by atoms with Crippen molar-refractivity contribution in [3.8, 4) is 0 Å². The lowest BCUT2D eigenvalue weighted by Gasteiger charge is -1.92. The topological polar surface area (TPSA) is 0 Å². The molecule has 0 bridgehead atoms. The summed E-state index contributed by atoms with van der Waals surface area (Å²) in [5.41, 5.74) is 2.43. The predicted molar refractivity (Wildman–Crippen MR) is 69.4 cm³/mol. The standard InChI is InChI=1S/C13H11ClS/c1-10-8-12(9-15-10)3-2-11-4-6-13(14)7-5-11/h2-9H,1H3/b3-2-. The van der Waals surface area contributed by atoms with Crippen molar-refractivity contribution in [2.75, 3.05) is 0 Å². The van der Waals surface area contributed by atoms with Gasteiger partial charge in [0.25, 0.3) is 0 Å². The molecule has 0 N–H and O–H groups in total. The third-order valence-corrected chi connectivity index (χ3v) is 3.22. The van der Waals surface area contributed by atoms with E-state index in [2.05, 4.69) is 30.5 Å². The summed E-state index contributed by atoms with van der Waals surface area (Å²) in [6, 6.07) is 10.0. The van der Waals surface area contributed by atoms with Crippen molar-refractivity contribution in [1.29, 1.82) is 0 Å². The third-order valence-electron chi connectivity index (χ3n) is 2.09. The molecule has 0 nitrogen and oxygen atoms in total. The predicted octanol–water partition coefficient (Wildman–Crippen LogP) is 4.88. The largest absolute Gasteiger partial charge is 0.149 e. The van der Waals surface area contributed by atoms with Gasteiger partial charge in [-0.2, -0.15) is 0 Å². The van der Waals surface area contributed by atoms with Gasteiger partial charge in [0, 0.05) is 9.90 Å². The number of aryl methyl sites for hydroxylation is 1. The Hall–Kier alpha value is -1.05. The minimum atomic E-state index is 0.776. The molecular weight excluding hydrogens is 224 g/mol. The maximum absolute atomic E-state index is 5.81. The van der Waals surface area contributed by atoms with Crippen LogP contribution >= 0.6 is 22.9 Å². The van der Waals surface area contributed by atoms with Crippen molar-refractivity contribution in [1.82, 2.24) is 0 Å². The van der Waals surface area contributed by atoms with Crippen LogP contribution in [-0.2, 0) is 0 Å². The molecule has 2 aromatic rings. The Morgan fingerprint density at radius 1 is 1.07 bits per heavy atom. The number of hydrogen-bond acceptors (Lipinski definition) is 1. The minimum Gasteiger partial charge on any atom is -0.149 e. The second-order valence-corrected chi connectivity index (χ2v) is 4.93. The van der Waals surface area contributed by atoms with Crippen molar-refractivity contribution < 1.29 is 0 Å². The summed E-state index contributed by atoms with van der Waals surface area (Å²) in [4.78, 5) is 1.34. The molecule has 2 heteroatoms. The van der Waals surface area contributed by atoms with E-state index < -0.39 is 0 Å². The van der Waals surface area contributed by atoms with Gasteiger partial charge in [-0.15, -0.1) is 11.3 Å². The Morgan fingerprint density at radius 3 is 2.33 bits per heavy atom. The third kappa shape index (κ3) is 2.95. The highest BCUT2D eigenvalue weighted by atomic mass is 35.5. The summed E-state index contributed by atoms with van der Waals surface area (Å²) >= 11 is 7.58. The van der Waals surface area contributed by atoms with Crippen LogP contribution in [0.3, 0.4) is 0 Å². The van der Waals surface area contributed by atoms with Crippen molar-refractivity contribution in [2.45, 2.75) is 6.92 Å². The molecule has 0 fully saturated rings. The van der Waals surface area contributed by atoms with Crippen LogP contribution in [0.4, 0.5) is 0 Å². The van der Waals surface area contributed by atoms with E-state index in [1.54, 1.807) is 11.3 Å². The zero-order valence-corrected chi connectivity index (χ0v) is 9.98. The van der Waals surface area contributed by atoms with Gasteiger partial charge in [0.15, 0.2) is 0 Å². The molecule has 0 atom stereocenters. The molecule has 76 valence electrons. The Labute approximate surface area is 98.8 Å². The van der Waals surface area contributed by atoms with E-state index >= 15 is 0 Å². The quantitative estimate of drug-likeness (QED) is 0.695. The fraction of sp³-hybridized carbons (Fsp3) is 0.0769. The maximum Gasteiger partial charge on any atom is 0.0406 e. The van der Waals surface area contributed by atoms with Crippen LogP contribution in [0.5, 0.6) is 0 Å². The molecule has 0 unspecified atom stereocenters. The summed E-state index contributed by atoms with van der Waals surface area (Å²) < 4.78 is 0. The molecule has 15 heavy (non-hydrogen) atoms. The summed E-state index contributed by atoms with van der Waals surface area (Å²) in [7, 11) is 0. The van der Waals surface area contributed by atoms with Gasteiger partial charge in [-0.25, -0.2) is 0 Å². The van der Waals surface area contributed by atoms with E-state index in [0.29, 0.717) is 0 Å². The number of benzene rings is 1. The summed E-state index contributed by atoms with van der Waals surface area (Å²) in [6.07, 6.45) is 4.21. The maximum atomic E-state index is 5.81. The van der Waals surface area contributed by atoms with E-state index in [0.717, 1.165) is 5.02 Å². The van der Waals surface area contributed by atoms with E-state index in [9.17, 15) is 0 Å². The Kier molecular flexibility index (Phi) is 3.24. The van der Waals surface area contributed by atoms with Gasteiger partial charge < -0.3 is 0 Å². The summed E-state index contributed by atoms with van der Waals surface area (Å²) in [5, 5.41) is 2.93. The van der Waals surface area contributed by atoms with Crippen LogP contribution in [0.1, 0.15) is 16.0 Å². The average Bonchev–Trinajstić information content (AvgIpc) is 2.64. The Balaban J connectivity index is 2.14. The fourth-order valence-electron chi connectivity index (χ4n) is 1.32. The molecule has 0 saturated carbocycles. The highest BCUT2D eigenvalue weighted by Crippen LogP contribution is 2.16. The first-order chi connectivity index (χ1) is 7.24. The smallest absolute Gasteiger partial charge is 0.0406 e. The van der Waals surface area contributed by atoms with Gasteiger partial charge in [-0.1, -0.05) is 35.9 Å². The SMILES string of the molecule is Cc1cc(/C=C\c2ccc(Cl)cc2)cs1. The number of rotatable bonds is 2. The lowest BCUT2D eigenvalue weighted by atomic mass is 10.2. The lowest BCUT2D eigenvalue weighted by molar-refractivity contribution is 1.63. The molecule has 0 radical (unpaired) electrons. The molecule has 1 heterocycles. The molecule has 0 amide bonds. The Bertz CT molecular complexity index is 466. The number of hydrogen-bond donors (Lipinski definition) is 0.